The second-order valence-electron chi connectivity index (χ2n) is 8.70. The average molecular weight is 418 g/mol. The molecular formula is C24H31N7. The maximum Gasteiger partial charge on any atom is 0.225 e. The number of benzene rings is 1. The van der Waals surface area contributed by atoms with E-state index in [-0.39, 0.29) is 0 Å². The van der Waals surface area contributed by atoms with Crippen molar-refractivity contribution in [1.82, 2.24) is 24.8 Å². The topological polar surface area (TPSA) is 61.3 Å². The van der Waals surface area contributed by atoms with Gasteiger partial charge in [-0.25, -0.2) is 19.9 Å². The molecule has 1 aliphatic carbocycles. The summed E-state index contributed by atoms with van der Waals surface area (Å²) >= 11 is 0. The van der Waals surface area contributed by atoms with Gasteiger partial charge in [-0.1, -0.05) is 31.4 Å². The first-order valence-corrected chi connectivity index (χ1v) is 11.5. The van der Waals surface area contributed by atoms with Crippen molar-refractivity contribution < 1.29 is 0 Å². The van der Waals surface area contributed by atoms with Crippen LogP contribution in [-0.4, -0.2) is 64.1 Å². The van der Waals surface area contributed by atoms with Crippen LogP contribution in [0.4, 0.5) is 11.8 Å². The van der Waals surface area contributed by atoms with E-state index in [1.54, 1.807) is 0 Å². The molecule has 0 atom stereocenters. The molecule has 3 aromatic rings. The van der Waals surface area contributed by atoms with E-state index in [2.05, 4.69) is 56.0 Å². The van der Waals surface area contributed by atoms with E-state index < -0.39 is 0 Å². The number of hydrogen-bond acceptors (Lipinski definition) is 7. The van der Waals surface area contributed by atoms with Crippen LogP contribution in [0.5, 0.6) is 0 Å². The molecule has 7 heteroatoms. The SMILES string of the molecule is CN(c1nc(CN2CCN(c3ncccn3)CC2)nc2ccccc12)C1CCCCC1. The molecule has 5 rings (SSSR count). The molecule has 1 saturated carbocycles. The van der Waals surface area contributed by atoms with Crippen molar-refractivity contribution in [2.24, 2.45) is 0 Å². The van der Waals surface area contributed by atoms with E-state index in [4.69, 9.17) is 9.97 Å². The lowest BCUT2D eigenvalue weighted by Gasteiger charge is -2.35. The van der Waals surface area contributed by atoms with Gasteiger partial charge in [-0.05, 0) is 31.0 Å². The summed E-state index contributed by atoms with van der Waals surface area (Å²) in [7, 11) is 2.22. The third-order valence-corrected chi connectivity index (χ3v) is 6.66. The van der Waals surface area contributed by atoms with Gasteiger partial charge in [0.05, 0.1) is 12.1 Å². The van der Waals surface area contributed by atoms with E-state index in [0.29, 0.717) is 6.04 Å². The standard InChI is InChI=1S/C24H31N7/c1-29(19-8-3-2-4-9-19)23-20-10-5-6-11-21(20)27-22(28-23)18-30-14-16-31(17-15-30)24-25-12-7-13-26-24/h5-7,10-13,19H,2-4,8-9,14-18H2,1H3. The molecule has 0 unspecified atom stereocenters. The molecular weight excluding hydrogens is 386 g/mol. The molecule has 31 heavy (non-hydrogen) atoms. The fourth-order valence-electron chi connectivity index (χ4n) is 4.85. The predicted molar refractivity (Wildman–Crippen MR) is 124 cm³/mol. The number of aromatic nitrogens is 4. The van der Waals surface area contributed by atoms with Crippen molar-refractivity contribution >= 4 is 22.7 Å². The van der Waals surface area contributed by atoms with Crippen LogP contribution < -0.4 is 9.80 Å². The van der Waals surface area contributed by atoms with Gasteiger partial charge < -0.3 is 9.80 Å². The summed E-state index contributed by atoms with van der Waals surface area (Å²) in [6.45, 7) is 4.54. The number of piperazine rings is 1. The number of anilines is 2. The van der Waals surface area contributed by atoms with E-state index in [0.717, 1.165) is 61.2 Å². The molecule has 0 radical (unpaired) electrons. The van der Waals surface area contributed by atoms with Crippen LogP contribution in [-0.2, 0) is 6.54 Å². The van der Waals surface area contributed by atoms with Crippen molar-refractivity contribution in [3.8, 4) is 0 Å². The molecule has 0 amide bonds. The van der Waals surface area contributed by atoms with Gasteiger partial charge in [0.15, 0.2) is 0 Å². The number of rotatable bonds is 5. The van der Waals surface area contributed by atoms with Gasteiger partial charge >= 0.3 is 0 Å². The normalized spacial score (nSPS) is 18.4. The second-order valence-corrected chi connectivity index (χ2v) is 8.70. The Hall–Kier alpha value is -2.80. The molecule has 0 N–H and O–H groups in total. The third kappa shape index (κ3) is 4.46. The summed E-state index contributed by atoms with van der Waals surface area (Å²) in [5.74, 6) is 2.82. The van der Waals surface area contributed by atoms with Gasteiger partial charge in [0.25, 0.3) is 0 Å². The summed E-state index contributed by atoms with van der Waals surface area (Å²) < 4.78 is 0. The molecule has 1 aliphatic heterocycles. The zero-order valence-electron chi connectivity index (χ0n) is 18.3. The van der Waals surface area contributed by atoms with Gasteiger partial charge in [-0.3, -0.25) is 4.90 Å². The second kappa shape index (κ2) is 9.14. The monoisotopic (exact) mass is 417 g/mol. The Morgan fingerprint density at radius 3 is 2.42 bits per heavy atom. The van der Waals surface area contributed by atoms with Crippen LogP contribution in [0.3, 0.4) is 0 Å². The van der Waals surface area contributed by atoms with E-state index in [9.17, 15) is 0 Å². The number of hydrogen-bond donors (Lipinski definition) is 0. The van der Waals surface area contributed by atoms with Gasteiger partial charge in [0, 0.05) is 57.0 Å². The Kier molecular flexibility index (Phi) is 5.93. The molecule has 3 heterocycles. The van der Waals surface area contributed by atoms with Crippen LogP contribution in [0.2, 0.25) is 0 Å². The molecule has 7 nitrogen and oxygen atoms in total. The zero-order chi connectivity index (χ0) is 21.0. The Bertz CT molecular complexity index is 995. The maximum atomic E-state index is 5.08. The molecule has 162 valence electrons. The highest BCUT2D eigenvalue weighted by atomic mass is 15.3. The summed E-state index contributed by atoms with van der Waals surface area (Å²) in [6.07, 6.45) is 10.1. The predicted octanol–water partition coefficient (Wildman–Crippen LogP) is 3.51. The first-order valence-electron chi connectivity index (χ1n) is 11.5. The number of nitrogens with zero attached hydrogens (tertiary/aromatic N) is 7. The first-order chi connectivity index (χ1) is 15.3. The summed E-state index contributed by atoms with van der Waals surface area (Å²) in [4.78, 5) is 25.9. The maximum absolute atomic E-state index is 5.08. The van der Waals surface area contributed by atoms with Crippen LogP contribution >= 0.6 is 0 Å². The lowest BCUT2D eigenvalue weighted by molar-refractivity contribution is 0.243. The molecule has 0 bridgehead atoms. The largest absolute Gasteiger partial charge is 0.356 e. The fourth-order valence-corrected chi connectivity index (χ4v) is 4.85. The molecule has 0 spiro atoms. The van der Waals surface area contributed by atoms with Crippen LogP contribution in [0.1, 0.15) is 37.9 Å². The smallest absolute Gasteiger partial charge is 0.225 e. The lowest BCUT2D eigenvalue weighted by atomic mass is 9.94. The molecule has 2 fully saturated rings. The van der Waals surface area contributed by atoms with Crippen molar-refractivity contribution in [1.29, 1.82) is 0 Å². The zero-order valence-corrected chi connectivity index (χ0v) is 18.3. The van der Waals surface area contributed by atoms with Crippen LogP contribution in [0.15, 0.2) is 42.7 Å². The minimum Gasteiger partial charge on any atom is -0.356 e. The van der Waals surface area contributed by atoms with Gasteiger partial charge in [0.2, 0.25) is 5.95 Å². The minimum absolute atomic E-state index is 0.578. The number of fused-ring (bicyclic) bond motifs is 1. The highest BCUT2D eigenvalue weighted by molar-refractivity contribution is 5.89. The fraction of sp³-hybridized carbons (Fsp3) is 0.500. The number of para-hydroxylation sites is 1. The Morgan fingerprint density at radius 2 is 1.65 bits per heavy atom. The van der Waals surface area contributed by atoms with Crippen molar-refractivity contribution in [2.45, 2.75) is 44.7 Å². The lowest BCUT2D eigenvalue weighted by Crippen LogP contribution is -2.46. The Balaban J connectivity index is 1.33. The highest BCUT2D eigenvalue weighted by Gasteiger charge is 2.23. The molecule has 1 aromatic carbocycles. The minimum atomic E-state index is 0.578. The van der Waals surface area contributed by atoms with E-state index in [1.807, 2.05) is 18.5 Å². The molecule has 1 saturated heterocycles. The van der Waals surface area contributed by atoms with Gasteiger partial charge in [0.1, 0.15) is 11.6 Å². The van der Waals surface area contributed by atoms with Crippen molar-refractivity contribution in [2.75, 3.05) is 43.0 Å². The van der Waals surface area contributed by atoms with E-state index in [1.165, 1.54) is 32.1 Å². The van der Waals surface area contributed by atoms with Gasteiger partial charge in [-0.15, -0.1) is 0 Å². The third-order valence-electron chi connectivity index (χ3n) is 6.66. The van der Waals surface area contributed by atoms with Crippen LogP contribution in [0.25, 0.3) is 10.9 Å². The average Bonchev–Trinajstić information content (AvgIpc) is 2.85. The molecule has 2 aromatic heterocycles. The van der Waals surface area contributed by atoms with Crippen LogP contribution in [0, 0.1) is 0 Å². The Labute approximate surface area is 184 Å². The van der Waals surface area contributed by atoms with Gasteiger partial charge in [-0.2, -0.15) is 0 Å². The summed E-state index contributed by atoms with van der Waals surface area (Å²) in [6, 6.07) is 10.9. The summed E-state index contributed by atoms with van der Waals surface area (Å²) in [5, 5.41) is 1.16. The first kappa shape index (κ1) is 20.1. The summed E-state index contributed by atoms with van der Waals surface area (Å²) in [5.41, 5.74) is 1.04. The van der Waals surface area contributed by atoms with Crippen molar-refractivity contribution in [3.63, 3.8) is 0 Å². The quantitative estimate of drug-likeness (QED) is 0.629. The Morgan fingerprint density at radius 1 is 0.903 bits per heavy atom. The molecule has 2 aliphatic rings. The highest BCUT2D eigenvalue weighted by Crippen LogP contribution is 2.30. The van der Waals surface area contributed by atoms with E-state index >= 15 is 0 Å². The van der Waals surface area contributed by atoms with Crippen molar-refractivity contribution in [3.05, 3.63) is 48.5 Å².